The normalized spacial score (nSPS) is 14.5. The first-order valence-electron chi connectivity index (χ1n) is 14.9. The molecule has 16 nitrogen and oxygen atoms in total. The molecule has 0 saturated carbocycles. The maximum absolute atomic E-state index is 13.0. The highest BCUT2D eigenvalue weighted by molar-refractivity contribution is 5.80. The second-order valence-corrected chi connectivity index (χ2v) is 10.7. The number of ether oxygens (including phenoxy) is 8. The summed E-state index contributed by atoms with van der Waals surface area (Å²) in [6.07, 6.45) is -1.41. The lowest BCUT2D eigenvalue weighted by molar-refractivity contribution is -0.153. The lowest BCUT2D eigenvalue weighted by atomic mass is 9.78. The van der Waals surface area contributed by atoms with Crippen molar-refractivity contribution in [3.8, 4) is 0 Å². The van der Waals surface area contributed by atoms with Crippen LogP contribution in [0.5, 0.6) is 0 Å². The van der Waals surface area contributed by atoms with Gasteiger partial charge in [-0.25, -0.2) is 0 Å². The van der Waals surface area contributed by atoms with Crippen LogP contribution >= 0.6 is 0 Å². The lowest BCUT2D eigenvalue weighted by Gasteiger charge is -2.27. The maximum atomic E-state index is 13.0. The Hall–Kier alpha value is -4.24. The first-order valence-corrected chi connectivity index (χ1v) is 14.9. The molecule has 6 unspecified atom stereocenters. The average molecular weight is 677 g/mol. The third-order valence-corrected chi connectivity index (χ3v) is 7.90. The average Bonchev–Trinajstić information content (AvgIpc) is 3.09. The van der Waals surface area contributed by atoms with Gasteiger partial charge in [0, 0.05) is 12.8 Å². The Bertz CT molecular complexity index is 988. The fourth-order valence-electron chi connectivity index (χ4n) is 5.32. The molecule has 0 aromatic carbocycles. The van der Waals surface area contributed by atoms with Gasteiger partial charge in [-0.3, -0.25) is 38.4 Å². The van der Waals surface area contributed by atoms with Gasteiger partial charge >= 0.3 is 47.8 Å². The van der Waals surface area contributed by atoms with Crippen molar-refractivity contribution < 1.29 is 76.3 Å². The zero-order chi connectivity index (χ0) is 36.1. The lowest BCUT2D eigenvalue weighted by Crippen LogP contribution is -2.33. The van der Waals surface area contributed by atoms with Gasteiger partial charge in [0.05, 0.1) is 92.4 Å². The molecule has 0 fully saturated rings. The Morgan fingerprint density at radius 1 is 0.319 bits per heavy atom. The van der Waals surface area contributed by atoms with E-state index in [2.05, 4.69) is 9.47 Å². The molecule has 0 bridgehead atoms. The molecule has 0 heterocycles. The smallest absolute Gasteiger partial charge is 0.308 e. The monoisotopic (exact) mass is 676 g/mol. The summed E-state index contributed by atoms with van der Waals surface area (Å²) in [7, 11) is 9.15. The van der Waals surface area contributed by atoms with Crippen LogP contribution in [0.3, 0.4) is 0 Å². The van der Waals surface area contributed by atoms with Gasteiger partial charge in [-0.1, -0.05) is 0 Å². The van der Waals surface area contributed by atoms with Crippen LogP contribution in [0, 0.1) is 35.5 Å². The van der Waals surface area contributed by atoms with Crippen molar-refractivity contribution in [3.63, 3.8) is 0 Å². The Labute approximate surface area is 274 Å². The SMILES string of the molecule is COC(=O)CCC(CC(CC(CC(CC(CC(CCC(=O)OC)C(=O)OC)C(=O)OC)C(=O)OC)C(=O)OC)C(=O)OC)C(=O)OC. The van der Waals surface area contributed by atoms with E-state index in [-0.39, 0.29) is 57.8 Å². The minimum atomic E-state index is -1.14. The van der Waals surface area contributed by atoms with E-state index in [4.69, 9.17) is 28.4 Å². The van der Waals surface area contributed by atoms with Crippen LogP contribution in [-0.2, 0) is 76.3 Å². The number of hydrogen-bond acceptors (Lipinski definition) is 16. The zero-order valence-electron chi connectivity index (χ0n) is 28.4. The van der Waals surface area contributed by atoms with Crippen molar-refractivity contribution in [2.45, 2.75) is 57.8 Å². The maximum Gasteiger partial charge on any atom is 0.308 e. The van der Waals surface area contributed by atoms with Crippen molar-refractivity contribution in [2.75, 3.05) is 56.9 Å². The molecule has 0 aliphatic heterocycles. The predicted molar refractivity (Wildman–Crippen MR) is 159 cm³/mol. The molecule has 0 aromatic rings. The molecule has 268 valence electrons. The molecule has 0 aromatic heterocycles. The topological polar surface area (TPSA) is 210 Å². The number of carbonyl (C=O) groups is 8. The van der Waals surface area contributed by atoms with Crippen LogP contribution in [0.4, 0.5) is 0 Å². The quantitative estimate of drug-likeness (QED) is 0.118. The van der Waals surface area contributed by atoms with E-state index in [1.165, 1.54) is 14.2 Å². The summed E-state index contributed by atoms with van der Waals surface area (Å²) in [4.78, 5) is 100. The highest BCUT2D eigenvalue weighted by atomic mass is 16.5. The fourth-order valence-corrected chi connectivity index (χ4v) is 5.32. The zero-order valence-corrected chi connectivity index (χ0v) is 28.4. The summed E-state index contributed by atoms with van der Waals surface area (Å²) in [6, 6.07) is 0. The predicted octanol–water partition coefficient (Wildman–Crippen LogP) is 1.58. The van der Waals surface area contributed by atoms with Crippen molar-refractivity contribution in [1.29, 1.82) is 0 Å². The highest BCUT2D eigenvalue weighted by Gasteiger charge is 2.39. The van der Waals surface area contributed by atoms with Crippen LogP contribution in [-0.4, -0.2) is 105 Å². The van der Waals surface area contributed by atoms with E-state index in [1.54, 1.807) is 0 Å². The first-order chi connectivity index (χ1) is 22.3. The second-order valence-electron chi connectivity index (χ2n) is 10.7. The molecular formula is C31H48O16. The first kappa shape index (κ1) is 42.8. The summed E-state index contributed by atoms with van der Waals surface area (Å²) in [5.74, 6) is -12.0. The largest absolute Gasteiger partial charge is 0.469 e. The highest BCUT2D eigenvalue weighted by Crippen LogP contribution is 2.33. The third-order valence-electron chi connectivity index (χ3n) is 7.90. The molecular weight excluding hydrogens is 628 g/mol. The van der Waals surface area contributed by atoms with Crippen LogP contribution in [0.1, 0.15) is 57.8 Å². The fraction of sp³-hybridized carbons (Fsp3) is 0.742. The Balaban J connectivity index is 6.42. The van der Waals surface area contributed by atoms with Gasteiger partial charge in [0.25, 0.3) is 0 Å². The molecule has 0 aliphatic carbocycles. The van der Waals surface area contributed by atoms with Crippen molar-refractivity contribution in [1.82, 2.24) is 0 Å². The molecule has 6 atom stereocenters. The Morgan fingerprint density at radius 3 is 0.702 bits per heavy atom. The Kier molecular flexibility index (Phi) is 21.0. The van der Waals surface area contributed by atoms with Gasteiger partial charge < -0.3 is 37.9 Å². The van der Waals surface area contributed by atoms with Crippen LogP contribution < -0.4 is 0 Å². The summed E-state index contributed by atoms with van der Waals surface area (Å²) >= 11 is 0. The molecule has 16 heteroatoms. The van der Waals surface area contributed by atoms with Gasteiger partial charge in [0.1, 0.15) is 0 Å². The summed E-state index contributed by atoms with van der Waals surface area (Å²) in [6.45, 7) is 0. The van der Waals surface area contributed by atoms with Crippen LogP contribution in [0.15, 0.2) is 0 Å². The Morgan fingerprint density at radius 2 is 0.511 bits per heavy atom. The number of rotatable bonds is 22. The van der Waals surface area contributed by atoms with Crippen molar-refractivity contribution in [3.05, 3.63) is 0 Å². The van der Waals surface area contributed by atoms with E-state index in [9.17, 15) is 38.4 Å². The summed E-state index contributed by atoms with van der Waals surface area (Å²) in [5, 5.41) is 0. The van der Waals surface area contributed by atoms with Crippen molar-refractivity contribution in [2.24, 2.45) is 35.5 Å². The number of hydrogen-bond donors (Lipinski definition) is 0. The molecule has 0 spiro atoms. The third kappa shape index (κ3) is 15.3. The molecule has 0 radical (unpaired) electrons. The number of methoxy groups -OCH3 is 8. The summed E-state index contributed by atoms with van der Waals surface area (Å²) < 4.78 is 38.8. The second kappa shape index (κ2) is 23.1. The van der Waals surface area contributed by atoms with Gasteiger partial charge in [-0.15, -0.1) is 0 Å². The number of carbonyl (C=O) groups excluding carboxylic acids is 8. The minimum Gasteiger partial charge on any atom is -0.469 e. The van der Waals surface area contributed by atoms with Crippen LogP contribution in [0.25, 0.3) is 0 Å². The van der Waals surface area contributed by atoms with E-state index in [1.807, 2.05) is 0 Å². The van der Waals surface area contributed by atoms with E-state index in [0.717, 1.165) is 42.7 Å². The van der Waals surface area contributed by atoms with E-state index in [0.29, 0.717) is 0 Å². The molecule has 0 aliphatic rings. The van der Waals surface area contributed by atoms with E-state index >= 15 is 0 Å². The van der Waals surface area contributed by atoms with Gasteiger partial charge in [0.15, 0.2) is 0 Å². The van der Waals surface area contributed by atoms with Gasteiger partial charge in [0.2, 0.25) is 0 Å². The van der Waals surface area contributed by atoms with Gasteiger partial charge in [-0.05, 0) is 44.9 Å². The molecule has 47 heavy (non-hydrogen) atoms. The van der Waals surface area contributed by atoms with Crippen molar-refractivity contribution >= 4 is 47.8 Å². The van der Waals surface area contributed by atoms with E-state index < -0.39 is 83.3 Å². The minimum absolute atomic E-state index is 0.0152. The standard InChI is InChI=1S/C31H48O16/c1-40-24(32)11-9-18(26(34)42-3)13-20(28(36)44-5)15-22(30(38)46-7)17-23(31(39)47-8)16-21(29(37)45-6)14-19(27(35)43-4)10-12-25(33)41-2/h18-23H,9-17H2,1-8H3. The van der Waals surface area contributed by atoms with Crippen LogP contribution in [0.2, 0.25) is 0 Å². The van der Waals surface area contributed by atoms with Gasteiger partial charge in [-0.2, -0.15) is 0 Å². The molecule has 0 rings (SSSR count). The number of esters is 8. The molecule has 0 saturated heterocycles. The summed E-state index contributed by atoms with van der Waals surface area (Å²) in [5.41, 5.74) is 0. The molecule has 0 N–H and O–H groups in total. The molecule has 0 amide bonds.